The van der Waals surface area contributed by atoms with E-state index in [0.29, 0.717) is 32.6 Å². The number of halogens is 2. The lowest BCUT2D eigenvalue weighted by Crippen LogP contribution is -2.38. The Morgan fingerprint density at radius 1 is 1.06 bits per heavy atom. The minimum atomic E-state index is -0.817. The molecule has 0 aliphatic carbocycles. The van der Waals surface area contributed by atoms with Crippen LogP contribution in [-0.4, -0.2) is 37.3 Å². The lowest BCUT2D eigenvalue weighted by molar-refractivity contribution is -0.142. The highest BCUT2D eigenvalue weighted by atomic mass is 35.5. The lowest BCUT2D eigenvalue weighted by Gasteiger charge is -2.23. The molecule has 0 aromatic heterocycles. The van der Waals surface area contributed by atoms with Crippen molar-refractivity contribution in [3.63, 3.8) is 0 Å². The SMILES string of the molecule is COC(=O)COc1ccc(Cl)cc1/C=C1\C(=O)N(C(=O)OC(C)(C)C)c2cc(Cl)ccc21. The fourth-order valence-electron chi connectivity index (χ4n) is 3.01. The van der Waals surface area contributed by atoms with E-state index in [1.54, 1.807) is 51.1 Å². The van der Waals surface area contributed by atoms with E-state index < -0.39 is 23.6 Å². The van der Waals surface area contributed by atoms with E-state index in [4.69, 9.17) is 32.7 Å². The van der Waals surface area contributed by atoms with Crippen molar-refractivity contribution >= 4 is 58.5 Å². The third-order valence-electron chi connectivity index (χ3n) is 4.35. The maximum atomic E-state index is 13.3. The van der Waals surface area contributed by atoms with E-state index in [9.17, 15) is 14.4 Å². The van der Waals surface area contributed by atoms with Gasteiger partial charge >= 0.3 is 12.1 Å². The van der Waals surface area contributed by atoms with Crippen LogP contribution in [0.4, 0.5) is 10.5 Å². The second-order valence-corrected chi connectivity index (χ2v) is 8.76. The summed E-state index contributed by atoms with van der Waals surface area (Å²) in [4.78, 5) is 38.5. The number of imide groups is 1. The lowest BCUT2D eigenvalue weighted by atomic mass is 10.0. The van der Waals surface area contributed by atoms with Crippen molar-refractivity contribution in [3.8, 4) is 5.75 Å². The summed E-state index contributed by atoms with van der Waals surface area (Å²) in [6.07, 6.45) is 0.723. The molecule has 0 saturated heterocycles. The number of esters is 1. The first-order chi connectivity index (χ1) is 15.0. The molecule has 0 saturated carbocycles. The number of benzene rings is 2. The second-order valence-electron chi connectivity index (χ2n) is 7.89. The van der Waals surface area contributed by atoms with Crippen LogP contribution in [0.3, 0.4) is 0 Å². The van der Waals surface area contributed by atoms with Crippen LogP contribution in [0.5, 0.6) is 5.75 Å². The zero-order valence-corrected chi connectivity index (χ0v) is 19.4. The number of anilines is 1. The molecule has 2 aromatic rings. The number of carbonyl (C=O) groups excluding carboxylic acids is 3. The molecule has 0 spiro atoms. The Hall–Kier alpha value is -3.03. The van der Waals surface area contributed by atoms with Crippen molar-refractivity contribution < 1.29 is 28.6 Å². The Kier molecular flexibility index (Phi) is 6.81. The van der Waals surface area contributed by atoms with Crippen LogP contribution in [0.2, 0.25) is 10.0 Å². The van der Waals surface area contributed by atoms with Crippen LogP contribution in [0.15, 0.2) is 36.4 Å². The largest absolute Gasteiger partial charge is 0.481 e. The molecule has 168 valence electrons. The van der Waals surface area contributed by atoms with Crippen molar-refractivity contribution in [2.45, 2.75) is 26.4 Å². The summed E-state index contributed by atoms with van der Waals surface area (Å²) in [5, 5.41) is 0.754. The highest BCUT2D eigenvalue weighted by Gasteiger charge is 2.39. The van der Waals surface area contributed by atoms with Crippen LogP contribution in [0, 0.1) is 0 Å². The molecule has 0 radical (unpaired) electrons. The van der Waals surface area contributed by atoms with Crippen molar-refractivity contribution in [3.05, 3.63) is 57.6 Å². The summed E-state index contributed by atoms with van der Waals surface area (Å²) < 4.78 is 15.5. The maximum Gasteiger partial charge on any atom is 0.422 e. The zero-order valence-electron chi connectivity index (χ0n) is 17.9. The molecule has 2 aromatic carbocycles. The van der Waals surface area contributed by atoms with E-state index in [1.165, 1.54) is 19.3 Å². The van der Waals surface area contributed by atoms with Crippen molar-refractivity contribution in [2.75, 3.05) is 18.6 Å². The van der Waals surface area contributed by atoms with Gasteiger partial charge in [0.2, 0.25) is 0 Å². The molecule has 0 bridgehead atoms. The van der Waals surface area contributed by atoms with Crippen molar-refractivity contribution in [1.82, 2.24) is 0 Å². The third-order valence-corrected chi connectivity index (χ3v) is 4.82. The molecule has 0 N–H and O–H groups in total. The molecule has 7 nitrogen and oxygen atoms in total. The van der Waals surface area contributed by atoms with Crippen LogP contribution in [0.25, 0.3) is 11.6 Å². The molecule has 1 aliphatic rings. The number of amides is 2. The predicted octanol–water partition coefficient (Wildman–Crippen LogP) is 5.37. The molecule has 1 aliphatic heterocycles. The Balaban J connectivity index is 2.07. The highest BCUT2D eigenvalue weighted by Crippen LogP contribution is 2.41. The van der Waals surface area contributed by atoms with Crippen LogP contribution < -0.4 is 9.64 Å². The number of nitrogens with zero attached hydrogens (tertiary/aromatic N) is 1. The smallest absolute Gasteiger partial charge is 0.422 e. The zero-order chi connectivity index (χ0) is 23.6. The van der Waals surface area contributed by atoms with Gasteiger partial charge in [-0.25, -0.2) is 14.5 Å². The summed E-state index contributed by atoms with van der Waals surface area (Å²) in [6.45, 7) is 4.80. The number of hydrogen-bond donors (Lipinski definition) is 0. The topological polar surface area (TPSA) is 82.1 Å². The first-order valence-corrected chi connectivity index (χ1v) is 10.3. The number of hydrogen-bond acceptors (Lipinski definition) is 6. The average Bonchev–Trinajstić information content (AvgIpc) is 2.96. The third kappa shape index (κ3) is 5.23. The molecule has 3 rings (SSSR count). The maximum absolute atomic E-state index is 13.3. The van der Waals surface area contributed by atoms with Gasteiger partial charge in [0.05, 0.1) is 18.4 Å². The summed E-state index contributed by atoms with van der Waals surface area (Å²) in [6, 6.07) is 9.53. The van der Waals surface area contributed by atoms with Gasteiger partial charge < -0.3 is 14.2 Å². The van der Waals surface area contributed by atoms with E-state index in [1.807, 2.05) is 0 Å². The van der Waals surface area contributed by atoms with Gasteiger partial charge in [0, 0.05) is 21.2 Å². The monoisotopic (exact) mass is 477 g/mol. The van der Waals surface area contributed by atoms with Crippen LogP contribution in [0.1, 0.15) is 31.9 Å². The van der Waals surface area contributed by atoms with Crippen molar-refractivity contribution in [2.24, 2.45) is 0 Å². The predicted molar refractivity (Wildman–Crippen MR) is 122 cm³/mol. The quantitative estimate of drug-likeness (QED) is 0.434. The molecular weight excluding hydrogens is 457 g/mol. The number of carbonyl (C=O) groups is 3. The average molecular weight is 478 g/mol. The Bertz CT molecular complexity index is 1120. The van der Waals surface area contributed by atoms with E-state index in [2.05, 4.69) is 4.74 Å². The first kappa shape index (κ1) is 23.6. The molecule has 9 heteroatoms. The highest BCUT2D eigenvalue weighted by molar-refractivity contribution is 6.42. The van der Waals surface area contributed by atoms with E-state index in [0.717, 1.165) is 4.90 Å². The number of fused-ring (bicyclic) bond motifs is 1. The number of ether oxygens (including phenoxy) is 3. The summed E-state index contributed by atoms with van der Waals surface area (Å²) in [7, 11) is 1.25. The van der Waals surface area contributed by atoms with Crippen LogP contribution >= 0.6 is 23.2 Å². The molecule has 32 heavy (non-hydrogen) atoms. The molecule has 2 amide bonds. The molecule has 0 unspecified atom stereocenters. The van der Waals surface area contributed by atoms with Crippen molar-refractivity contribution in [1.29, 1.82) is 0 Å². The van der Waals surface area contributed by atoms with Gasteiger partial charge in [-0.15, -0.1) is 0 Å². The Morgan fingerprint density at radius 2 is 1.72 bits per heavy atom. The van der Waals surface area contributed by atoms with Gasteiger partial charge in [0.15, 0.2) is 6.61 Å². The normalized spacial score (nSPS) is 14.4. The van der Waals surface area contributed by atoms with Gasteiger partial charge in [-0.3, -0.25) is 4.79 Å². The summed E-state index contributed by atoms with van der Waals surface area (Å²) in [5.74, 6) is -0.840. The minimum Gasteiger partial charge on any atom is -0.481 e. The second kappa shape index (κ2) is 9.22. The van der Waals surface area contributed by atoms with Gasteiger partial charge in [-0.2, -0.15) is 0 Å². The van der Waals surface area contributed by atoms with Gasteiger partial charge in [-0.1, -0.05) is 29.3 Å². The molecule has 0 fully saturated rings. The summed E-state index contributed by atoms with van der Waals surface area (Å²) >= 11 is 12.3. The minimum absolute atomic E-state index is 0.215. The first-order valence-electron chi connectivity index (χ1n) is 9.58. The Morgan fingerprint density at radius 3 is 2.38 bits per heavy atom. The van der Waals surface area contributed by atoms with Crippen LogP contribution in [-0.2, 0) is 19.1 Å². The summed E-state index contributed by atoms with van der Waals surface area (Å²) in [5.41, 5.74) is 0.653. The van der Waals surface area contributed by atoms with Gasteiger partial charge in [0.25, 0.3) is 5.91 Å². The van der Waals surface area contributed by atoms with E-state index >= 15 is 0 Å². The number of rotatable bonds is 4. The molecule has 1 heterocycles. The molecule has 0 atom stereocenters. The number of methoxy groups -OCH3 is 1. The van der Waals surface area contributed by atoms with E-state index in [-0.39, 0.29) is 12.2 Å². The molecular formula is C23H21Cl2NO6. The standard InChI is InChI=1S/C23H21Cl2NO6/c1-23(2,3)32-22(29)26-18-11-15(25)5-7-16(18)17(21(26)28)10-13-9-14(24)6-8-19(13)31-12-20(27)30-4/h5-11H,12H2,1-4H3/b17-10-. The fourth-order valence-corrected chi connectivity index (χ4v) is 3.35. The fraction of sp³-hybridized carbons (Fsp3) is 0.261. The van der Waals surface area contributed by atoms with Gasteiger partial charge in [0.1, 0.15) is 11.4 Å². The Labute approximate surface area is 195 Å². The van der Waals surface area contributed by atoms with Gasteiger partial charge in [-0.05, 0) is 57.2 Å².